The van der Waals surface area contributed by atoms with Crippen molar-refractivity contribution >= 4 is 40.7 Å². The first-order valence-corrected chi connectivity index (χ1v) is 7.93. The number of halogens is 2. The van der Waals surface area contributed by atoms with E-state index in [1.54, 1.807) is 11.8 Å². The van der Waals surface area contributed by atoms with E-state index >= 15 is 0 Å². The number of benzene rings is 2. The molecule has 20 heavy (non-hydrogen) atoms. The highest BCUT2D eigenvalue weighted by Crippen LogP contribution is 2.21. The van der Waals surface area contributed by atoms with Gasteiger partial charge in [-0.3, -0.25) is 0 Å². The number of anilines is 1. The highest BCUT2D eigenvalue weighted by Gasteiger charge is 2.05. The number of thioether (sulfide) groups is 1. The maximum atomic E-state index is 9.95. The van der Waals surface area contributed by atoms with Gasteiger partial charge >= 0.3 is 0 Å². The average molecular weight is 328 g/mol. The Labute approximate surface area is 133 Å². The van der Waals surface area contributed by atoms with Crippen molar-refractivity contribution in [1.82, 2.24) is 0 Å². The van der Waals surface area contributed by atoms with Crippen LogP contribution in [0.2, 0.25) is 10.0 Å². The lowest BCUT2D eigenvalue weighted by Gasteiger charge is -2.12. The molecule has 0 fully saturated rings. The van der Waals surface area contributed by atoms with Crippen LogP contribution >= 0.6 is 35.0 Å². The lowest BCUT2D eigenvalue weighted by Crippen LogP contribution is -2.21. The van der Waals surface area contributed by atoms with Gasteiger partial charge in [0.15, 0.2) is 0 Å². The van der Waals surface area contributed by atoms with Crippen molar-refractivity contribution in [2.45, 2.75) is 11.0 Å². The van der Waals surface area contributed by atoms with Crippen LogP contribution in [-0.4, -0.2) is 23.5 Å². The largest absolute Gasteiger partial charge is 0.390 e. The third-order valence-corrected chi connectivity index (χ3v) is 4.30. The molecule has 2 nitrogen and oxygen atoms in total. The van der Waals surface area contributed by atoms with Gasteiger partial charge in [0.25, 0.3) is 0 Å². The fraction of sp³-hybridized carbons (Fsp3) is 0.200. The lowest BCUT2D eigenvalue weighted by atomic mass is 10.3. The minimum Gasteiger partial charge on any atom is -0.390 e. The van der Waals surface area contributed by atoms with Gasteiger partial charge in [-0.1, -0.05) is 23.2 Å². The summed E-state index contributed by atoms with van der Waals surface area (Å²) in [6, 6.07) is 15.0. The van der Waals surface area contributed by atoms with E-state index < -0.39 is 6.10 Å². The highest BCUT2D eigenvalue weighted by molar-refractivity contribution is 7.99. The monoisotopic (exact) mass is 327 g/mol. The van der Waals surface area contributed by atoms with E-state index in [0.717, 1.165) is 15.6 Å². The summed E-state index contributed by atoms with van der Waals surface area (Å²) in [5.74, 6) is 0.627. The van der Waals surface area contributed by atoms with Gasteiger partial charge in [0.2, 0.25) is 0 Å². The van der Waals surface area contributed by atoms with Crippen molar-refractivity contribution in [2.24, 2.45) is 0 Å². The SMILES string of the molecule is O[C@@H](CNc1ccc(Cl)cc1)CSc1ccc(Cl)cc1. The number of nitrogens with one attached hydrogen (secondary N) is 1. The zero-order chi connectivity index (χ0) is 14.4. The van der Waals surface area contributed by atoms with Crippen LogP contribution in [0.4, 0.5) is 5.69 Å². The standard InChI is InChI=1S/C15H15Cl2NOS/c16-11-1-5-13(6-2-11)18-9-14(19)10-20-15-7-3-12(17)4-8-15/h1-8,14,18-19H,9-10H2/t14-/m0/s1. The van der Waals surface area contributed by atoms with E-state index in [2.05, 4.69) is 5.32 Å². The van der Waals surface area contributed by atoms with E-state index in [-0.39, 0.29) is 0 Å². The Morgan fingerprint density at radius 1 is 0.950 bits per heavy atom. The van der Waals surface area contributed by atoms with Crippen molar-refractivity contribution in [3.63, 3.8) is 0 Å². The zero-order valence-electron chi connectivity index (χ0n) is 10.7. The molecule has 5 heteroatoms. The topological polar surface area (TPSA) is 32.3 Å². The summed E-state index contributed by atoms with van der Waals surface area (Å²) >= 11 is 13.2. The zero-order valence-corrected chi connectivity index (χ0v) is 13.1. The summed E-state index contributed by atoms with van der Waals surface area (Å²) in [4.78, 5) is 1.10. The fourth-order valence-corrected chi connectivity index (χ4v) is 2.67. The first-order valence-electron chi connectivity index (χ1n) is 6.19. The molecule has 0 saturated carbocycles. The molecule has 0 aliphatic rings. The van der Waals surface area contributed by atoms with E-state index in [4.69, 9.17) is 23.2 Å². The second-order valence-electron chi connectivity index (χ2n) is 4.31. The summed E-state index contributed by atoms with van der Waals surface area (Å²) in [5, 5.41) is 14.5. The highest BCUT2D eigenvalue weighted by atomic mass is 35.5. The van der Waals surface area contributed by atoms with E-state index in [1.165, 1.54) is 0 Å². The van der Waals surface area contributed by atoms with Crippen LogP contribution in [0.1, 0.15) is 0 Å². The molecule has 0 heterocycles. The number of aliphatic hydroxyl groups excluding tert-OH is 1. The minimum absolute atomic E-state index is 0.425. The second kappa shape index (κ2) is 7.79. The van der Waals surface area contributed by atoms with Crippen molar-refractivity contribution < 1.29 is 5.11 Å². The molecule has 0 aromatic heterocycles. The van der Waals surface area contributed by atoms with Crippen molar-refractivity contribution in [3.05, 3.63) is 58.6 Å². The van der Waals surface area contributed by atoms with Crippen LogP contribution in [0.3, 0.4) is 0 Å². The maximum Gasteiger partial charge on any atom is 0.0806 e. The summed E-state index contributed by atoms with van der Waals surface area (Å²) < 4.78 is 0. The molecular formula is C15H15Cl2NOS. The summed E-state index contributed by atoms with van der Waals surface area (Å²) in [5.41, 5.74) is 0.949. The smallest absolute Gasteiger partial charge is 0.0806 e. The molecule has 2 N–H and O–H groups in total. The number of rotatable bonds is 6. The Morgan fingerprint density at radius 3 is 2.10 bits per heavy atom. The van der Waals surface area contributed by atoms with Crippen LogP contribution in [0, 0.1) is 0 Å². The molecule has 1 atom stereocenters. The third kappa shape index (κ3) is 5.25. The molecule has 0 aliphatic heterocycles. The molecule has 0 aliphatic carbocycles. The first kappa shape index (κ1) is 15.5. The van der Waals surface area contributed by atoms with E-state index in [0.29, 0.717) is 17.3 Å². The predicted molar refractivity (Wildman–Crippen MR) is 88.1 cm³/mol. The van der Waals surface area contributed by atoms with Gasteiger partial charge in [-0.15, -0.1) is 11.8 Å². The molecule has 2 rings (SSSR count). The molecule has 106 valence electrons. The Morgan fingerprint density at radius 2 is 1.50 bits per heavy atom. The van der Waals surface area contributed by atoms with Crippen LogP contribution < -0.4 is 5.32 Å². The van der Waals surface area contributed by atoms with Gasteiger partial charge in [-0.2, -0.15) is 0 Å². The summed E-state index contributed by atoms with van der Waals surface area (Å²) in [6.07, 6.45) is -0.425. The Hall–Kier alpha value is -0.870. The molecule has 0 radical (unpaired) electrons. The number of aliphatic hydroxyl groups is 1. The van der Waals surface area contributed by atoms with Gasteiger partial charge in [0.05, 0.1) is 6.10 Å². The molecule has 0 unspecified atom stereocenters. The van der Waals surface area contributed by atoms with Crippen molar-refractivity contribution in [2.75, 3.05) is 17.6 Å². The first-order chi connectivity index (χ1) is 9.63. The predicted octanol–water partition coefficient (Wildman–Crippen LogP) is 4.56. The Kier molecular flexibility index (Phi) is 6.05. The van der Waals surface area contributed by atoms with Crippen LogP contribution in [-0.2, 0) is 0 Å². The molecule has 0 amide bonds. The molecular weight excluding hydrogens is 313 g/mol. The minimum atomic E-state index is -0.425. The molecule has 0 saturated heterocycles. The van der Waals surface area contributed by atoms with Gasteiger partial charge in [-0.05, 0) is 48.5 Å². The summed E-state index contributed by atoms with van der Waals surface area (Å²) in [6.45, 7) is 0.502. The molecule has 2 aromatic rings. The lowest BCUT2D eigenvalue weighted by molar-refractivity contribution is 0.213. The molecule has 0 bridgehead atoms. The second-order valence-corrected chi connectivity index (χ2v) is 6.27. The van der Waals surface area contributed by atoms with E-state index in [1.807, 2.05) is 48.5 Å². The van der Waals surface area contributed by atoms with Crippen LogP contribution in [0.25, 0.3) is 0 Å². The van der Waals surface area contributed by atoms with Crippen LogP contribution in [0.15, 0.2) is 53.4 Å². The Balaban J connectivity index is 1.73. The van der Waals surface area contributed by atoms with Gasteiger partial charge in [0, 0.05) is 32.9 Å². The molecule has 2 aromatic carbocycles. The number of hydrogen-bond acceptors (Lipinski definition) is 3. The van der Waals surface area contributed by atoms with Crippen molar-refractivity contribution in [3.8, 4) is 0 Å². The fourth-order valence-electron chi connectivity index (χ4n) is 1.59. The maximum absolute atomic E-state index is 9.95. The van der Waals surface area contributed by atoms with Gasteiger partial charge in [-0.25, -0.2) is 0 Å². The van der Waals surface area contributed by atoms with Crippen LogP contribution in [0.5, 0.6) is 0 Å². The average Bonchev–Trinajstić information content (AvgIpc) is 2.46. The number of hydrogen-bond donors (Lipinski definition) is 2. The molecule has 0 spiro atoms. The van der Waals surface area contributed by atoms with Gasteiger partial charge in [0.1, 0.15) is 0 Å². The van der Waals surface area contributed by atoms with Crippen molar-refractivity contribution in [1.29, 1.82) is 0 Å². The summed E-state index contributed by atoms with van der Waals surface area (Å²) in [7, 11) is 0. The van der Waals surface area contributed by atoms with E-state index in [9.17, 15) is 5.11 Å². The Bertz CT molecular complexity index is 481. The van der Waals surface area contributed by atoms with Gasteiger partial charge < -0.3 is 10.4 Å². The quantitative estimate of drug-likeness (QED) is 0.763. The third-order valence-electron chi connectivity index (χ3n) is 2.64. The normalized spacial score (nSPS) is 12.2.